The number of hydrogen-bond acceptors (Lipinski definition) is 6. The molecule has 6 rings (SSSR count). The summed E-state index contributed by atoms with van der Waals surface area (Å²) in [7, 11) is -3.31. The van der Waals surface area contributed by atoms with Crippen molar-refractivity contribution in [2.24, 2.45) is 5.41 Å². The van der Waals surface area contributed by atoms with Crippen LogP contribution in [0.2, 0.25) is 10.0 Å². The van der Waals surface area contributed by atoms with E-state index in [0.717, 1.165) is 29.7 Å². The van der Waals surface area contributed by atoms with Crippen molar-refractivity contribution in [1.29, 1.82) is 0 Å². The molecule has 1 heterocycles. The highest BCUT2D eigenvalue weighted by Gasteiger charge is 2.57. The number of sulfone groups is 1. The minimum Gasteiger partial charge on any atom is -0.489 e. The topological polar surface area (TPSA) is 89.6 Å². The molecule has 216 valence electrons. The van der Waals surface area contributed by atoms with Crippen LogP contribution < -0.4 is 0 Å². The van der Waals surface area contributed by atoms with E-state index >= 15 is 0 Å². The van der Waals surface area contributed by atoms with Crippen LogP contribution in [-0.2, 0) is 21.2 Å². The van der Waals surface area contributed by atoms with Crippen LogP contribution in [-0.4, -0.2) is 30.5 Å². The highest BCUT2D eigenvalue weighted by atomic mass is 35.5. The van der Waals surface area contributed by atoms with E-state index in [1.54, 1.807) is 42.5 Å². The summed E-state index contributed by atoms with van der Waals surface area (Å²) in [4.78, 5) is 0.287. The van der Waals surface area contributed by atoms with Gasteiger partial charge in [-0.3, -0.25) is 0 Å². The molecule has 6 nitrogen and oxygen atoms in total. The predicted octanol–water partition coefficient (Wildman–Crippen LogP) is 8.17. The summed E-state index contributed by atoms with van der Waals surface area (Å²) in [5.41, 5.74) is 1.19. The van der Waals surface area contributed by atoms with Gasteiger partial charge in [0, 0.05) is 28.2 Å². The summed E-state index contributed by atoms with van der Waals surface area (Å²) in [6, 6.07) is 12.3. The van der Waals surface area contributed by atoms with Crippen molar-refractivity contribution in [2.75, 3.05) is 6.26 Å². The van der Waals surface area contributed by atoms with Crippen LogP contribution in [0.25, 0.3) is 11.3 Å². The standard InChI is InChI=1S/C31H30Cl3NO5S/c1-30(31(36)15-20(16-31)19-5-3-6-22(13-19)41(2,37)38)12-11-21(14-26(30)34)39-17-23-28(35-40-29(23)18-9-10-18)27-24(32)7-4-8-25(27)33/h3-8,11,13-14,18,20,36H,9-10,12,15-17H2,1-2H3/t20-,30?,31-. The average molecular weight is 635 g/mol. The molecule has 1 N–H and O–H groups in total. The van der Waals surface area contributed by atoms with Gasteiger partial charge in [-0.05, 0) is 80.0 Å². The van der Waals surface area contributed by atoms with Crippen molar-refractivity contribution in [3.8, 4) is 11.3 Å². The Hall–Kier alpha value is -2.29. The number of ether oxygens (including phenoxy) is 1. The normalized spacial score (nSPS) is 26.2. The molecule has 3 aliphatic rings. The fraction of sp³-hybridized carbons (Fsp3) is 0.387. The minimum atomic E-state index is -3.31. The third-order valence-electron chi connectivity index (χ3n) is 8.81. The molecule has 3 aromatic rings. The number of aromatic nitrogens is 1. The molecule has 1 aromatic heterocycles. The first-order chi connectivity index (χ1) is 19.4. The number of nitrogens with zero attached hydrogens (tertiary/aromatic N) is 1. The Labute approximate surface area is 254 Å². The second kappa shape index (κ2) is 10.5. The van der Waals surface area contributed by atoms with Crippen LogP contribution >= 0.6 is 34.8 Å². The molecule has 0 amide bonds. The first-order valence-electron chi connectivity index (χ1n) is 13.6. The lowest BCUT2D eigenvalue weighted by Crippen LogP contribution is -2.55. The second-order valence-corrected chi connectivity index (χ2v) is 14.9. The molecule has 2 saturated carbocycles. The summed E-state index contributed by atoms with van der Waals surface area (Å²) in [6.45, 7) is 2.17. The molecule has 0 saturated heterocycles. The zero-order valence-corrected chi connectivity index (χ0v) is 25.7. The van der Waals surface area contributed by atoms with E-state index in [1.807, 2.05) is 19.1 Å². The van der Waals surface area contributed by atoms with Gasteiger partial charge in [-0.25, -0.2) is 8.42 Å². The van der Waals surface area contributed by atoms with Gasteiger partial charge in [0.15, 0.2) is 9.84 Å². The van der Waals surface area contributed by atoms with E-state index in [9.17, 15) is 13.5 Å². The van der Waals surface area contributed by atoms with Crippen molar-refractivity contribution >= 4 is 44.6 Å². The summed E-state index contributed by atoms with van der Waals surface area (Å²) < 4.78 is 36.0. The molecule has 0 radical (unpaired) electrons. The van der Waals surface area contributed by atoms with E-state index in [2.05, 4.69) is 5.16 Å². The minimum absolute atomic E-state index is 0.0501. The molecule has 0 aliphatic heterocycles. The number of rotatable bonds is 8. The maximum absolute atomic E-state index is 12.0. The summed E-state index contributed by atoms with van der Waals surface area (Å²) in [6.07, 6.45) is 8.45. The van der Waals surface area contributed by atoms with Crippen LogP contribution in [0.4, 0.5) is 0 Å². The number of aliphatic hydroxyl groups is 1. The second-order valence-electron chi connectivity index (χ2n) is 11.7. The highest BCUT2D eigenvalue weighted by Crippen LogP contribution is 2.59. The summed E-state index contributed by atoms with van der Waals surface area (Å²) >= 11 is 19.8. The van der Waals surface area contributed by atoms with Gasteiger partial charge in [0.2, 0.25) is 0 Å². The Morgan fingerprint density at radius 3 is 2.39 bits per heavy atom. The van der Waals surface area contributed by atoms with Gasteiger partial charge in [-0.1, -0.05) is 65.1 Å². The molecular formula is C31H30Cl3NO5S. The van der Waals surface area contributed by atoms with E-state index in [4.69, 9.17) is 44.1 Å². The summed E-state index contributed by atoms with van der Waals surface area (Å²) in [5.74, 6) is 1.75. The molecule has 1 unspecified atom stereocenters. The third-order valence-corrected chi connectivity index (χ3v) is 11.1. The van der Waals surface area contributed by atoms with E-state index in [0.29, 0.717) is 57.3 Å². The van der Waals surface area contributed by atoms with Crippen LogP contribution in [0, 0.1) is 5.41 Å². The number of benzene rings is 2. The van der Waals surface area contributed by atoms with Crippen molar-refractivity contribution < 1.29 is 22.8 Å². The molecular weight excluding hydrogens is 605 g/mol. The number of hydrogen-bond donors (Lipinski definition) is 1. The van der Waals surface area contributed by atoms with Gasteiger partial charge in [-0.2, -0.15) is 0 Å². The lowest BCUT2D eigenvalue weighted by atomic mass is 9.54. The maximum atomic E-state index is 12.0. The fourth-order valence-electron chi connectivity index (χ4n) is 5.90. The molecule has 2 aromatic carbocycles. The molecule has 3 aliphatic carbocycles. The Morgan fingerprint density at radius 1 is 1.07 bits per heavy atom. The Kier molecular flexibility index (Phi) is 7.35. The molecule has 41 heavy (non-hydrogen) atoms. The zero-order chi connectivity index (χ0) is 29.2. The van der Waals surface area contributed by atoms with E-state index in [1.165, 1.54) is 6.26 Å². The summed E-state index contributed by atoms with van der Waals surface area (Å²) in [5, 5.41) is 17.5. The number of halogens is 3. The molecule has 2 fully saturated rings. The molecule has 1 atom stereocenters. The van der Waals surface area contributed by atoms with Crippen LogP contribution in [0.1, 0.15) is 67.8 Å². The van der Waals surface area contributed by atoms with Crippen LogP contribution in [0.5, 0.6) is 0 Å². The first-order valence-corrected chi connectivity index (χ1v) is 16.6. The van der Waals surface area contributed by atoms with Gasteiger partial charge >= 0.3 is 0 Å². The molecule has 0 bridgehead atoms. The lowest BCUT2D eigenvalue weighted by Gasteiger charge is -2.55. The largest absolute Gasteiger partial charge is 0.489 e. The highest BCUT2D eigenvalue weighted by molar-refractivity contribution is 7.90. The van der Waals surface area contributed by atoms with Crippen LogP contribution in [0.15, 0.2) is 74.8 Å². The van der Waals surface area contributed by atoms with Gasteiger partial charge < -0.3 is 14.4 Å². The number of allylic oxidation sites excluding steroid dienone is 2. The Balaban J connectivity index is 1.17. The lowest BCUT2D eigenvalue weighted by molar-refractivity contribution is -0.125. The third kappa shape index (κ3) is 5.25. The molecule has 0 spiro atoms. The quantitative estimate of drug-likeness (QED) is 0.269. The van der Waals surface area contributed by atoms with Crippen molar-refractivity contribution in [3.05, 3.63) is 92.3 Å². The predicted molar refractivity (Wildman–Crippen MR) is 160 cm³/mol. The maximum Gasteiger partial charge on any atom is 0.175 e. The fourth-order valence-corrected chi connectivity index (χ4v) is 7.52. The van der Waals surface area contributed by atoms with Gasteiger partial charge in [0.1, 0.15) is 23.8 Å². The van der Waals surface area contributed by atoms with E-state index < -0.39 is 20.9 Å². The van der Waals surface area contributed by atoms with Crippen molar-refractivity contribution in [2.45, 2.75) is 68.0 Å². The Morgan fingerprint density at radius 2 is 1.76 bits per heavy atom. The van der Waals surface area contributed by atoms with Crippen molar-refractivity contribution in [1.82, 2.24) is 5.16 Å². The smallest absolute Gasteiger partial charge is 0.175 e. The van der Waals surface area contributed by atoms with Gasteiger partial charge in [-0.15, -0.1) is 0 Å². The monoisotopic (exact) mass is 633 g/mol. The first kappa shape index (κ1) is 28.8. The van der Waals surface area contributed by atoms with Gasteiger partial charge in [0.25, 0.3) is 0 Å². The zero-order valence-electron chi connectivity index (χ0n) is 22.7. The van der Waals surface area contributed by atoms with Crippen molar-refractivity contribution in [3.63, 3.8) is 0 Å². The molecule has 10 heteroatoms. The van der Waals surface area contributed by atoms with Gasteiger partial charge in [0.05, 0.1) is 26.1 Å². The average Bonchev–Trinajstić information content (AvgIpc) is 3.67. The SMILES string of the molecule is CC1([C@]2(O)C[C@H](c3cccc(S(C)(=O)=O)c3)C2)CC=C(OCc2c(-c3c(Cl)cccc3Cl)noc2C2CC2)C=C1Cl. The van der Waals surface area contributed by atoms with Crippen LogP contribution in [0.3, 0.4) is 0 Å². The Bertz CT molecular complexity index is 1660. The van der Waals surface area contributed by atoms with E-state index in [-0.39, 0.29) is 17.4 Å².